The zero-order valence-corrected chi connectivity index (χ0v) is 58.2. The van der Waals surface area contributed by atoms with E-state index in [0.29, 0.717) is 19.4 Å². The van der Waals surface area contributed by atoms with Crippen LogP contribution >= 0.6 is 0 Å². The Morgan fingerprint density at radius 3 is 1.17 bits per heavy atom. The first-order valence-electron chi connectivity index (χ1n) is 38.4. The van der Waals surface area contributed by atoms with Gasteiger partial charge in [-0.25, -0.2) is 0 Å². The number of carbonyl (C=O) groups is 2. The summed E-state index contributed by atoms with van der Waals surface area (Å²) in [4.78, 5) is 25.1. The van der Waals surface area contributed by atoms with E-state index >= 15 is 0 Å². The molecule has 1 amide bonds. The van der Waals surface area contributed by atoms with Crippen LogP contribution in [0.5, 0.6) is 0 Å². The average Bonchev–Trinajstić information content (AvgIpc) is 3.30. The van der Waals surface area contributed by atoms with E-state index in [4.69, 9.17) is 14.2 Å². The molecule has 1 rings (SSSR count). The van der Waals surface area contributed by atoms with Crippen molar-refractivity contribution in [1.82, 2.24) is 5.32 Å². The third-order valence-corrected chi connectivity index (χ3v) is 18.2. The van der Waals surface area contributed by atoms with Crippen molar-refractivity contribution in [1.29, 1.82) is 0 Å². The lowest BCUT2D eigenvalue weighted by Crippen LogP contribution is -2.60. The molecule has 0 spiro atoms. The number of hydrogen-bond donors (Lipinski definition) is 6. The van der Waals surface area contributed by atoms with Gasteiger partial charge >= 0.3 is 5.97 Å². The average molecular weight is 1260 g/mol. The molecular weight excluding hydrogens is 1110 g/mol. The highest BCUT2D eigenvalue weighted by Gasteiger charge is 2.44. The Labute approximate surface area is 548 Å². The van der Waals surface area contributed by atoms with Gasteiger partial charge in [-0.15, -0.1) is 0 Å². The number of amides is 1. The predicted octanol–water partition coefficient (Wildman–Crippen LogP) is 20.3. The minimum Gasteiger partial charge on any atom is -0.466 e. The number of ether oxygens (including phenoxy) is 3. The van der Waals surface area contributed by atoms with E-state index in [1.807, 2.05) is 6.08 Å². The third-order valence-electron chi connectivity index (χ3n) is 18.2. The van der Waals surface area contributed by atoms with Crippen LogP contribution in [-0.2, 0) is 23.8 Å². The molecule has 1 saturated heterocycles. The normalized spacial score (nSPS) is 17.9. The van der Waals surface area contributed by atoms with Gasteiger partial charge in [0.15, 0.2) is 6.29 Å². The monoisotopic (exact) mass is 1260 g/mol. The standard InChI is InChI=1S/C78H145NO10/c1-3-5-7-9-11-13-15-46-50-54-58-62-66-74(83)87-67-63-59-55-51-47-44-42-40-38-36-34-32-30-28-26-24-22-20-18-16-17-19-21-23-25-27-29-31-33-35-37-39-41-43-45-49-53-57-61-65-73(82)79-70(69-88-78-77(86)76(85)75(84)72(68-80)89-78)71(81)64-60-56-52-48-14-12-10-8-6-4-2/h11,13,16-17,20,22,60,64,70-72,75-78,80-81,84-86H,3-10,12,14-15,18-19,21,23-59,61-63,65-69H2,1-2H3,(H,79,82)/b13-11-,17-16-,22-20-,64-60+. The summed E-state index contributed by atoms with van der Waals surface area (Å²) in [6.07, 6.45) is 78.6. The maximum absolute atomic E-state index is 13.0. The molecule has 0 aliphatic carbocycles. The van der Waals surface area contributed by atoms with Gasteiger partial charge in [-0.1, -0.05) is 319 Å². The summed E-state index contributed by atoms with van der Waals surface area (Å²) in [6.45, 7) is 4.34. The molecule has 0 aromatic carbocycles. The Hall–Kier alpha value is -2.38. The van der Waals surface area contributed by atoms with Gasteiger partial charge in [-0.05, 0) is 89.9 Å². The van der Waals surface area contributed by atoms with Crippen molar-refractivity contribution in [2.45, 2.75) is 416 Å². The van der Waals surface area contributed by atoms with Gasteiger partial charge in [0.25, 0.3) is 0 Å². The minimum atomic E-state index is -1.57. The number of carbonyl (C=O) groups excluding carboxylic acids is 2. The third kappa shape index (κ3) is 55.8. The fraction of sp³-hybridized carbons (Fsp3) is 0.872. The summed E-state index contributed by atoms with van der Waals surface area (Å²) in [6, 6.07) is -0.807. The lowest BCUT2D eigenvalue weighted by molar-refractivity contribution is -0.302. The van der Waals surface area contributed by atoms with Gasteiger partial charge in [0, 0.05) is 12.8 Å². The number of aliphatic hydroxyl groups excluding tert-OH is 5. The molecule has 89 heavy (non-hydrogen) atoms. The van der Waals surface area contributed by atoms with E-state index in [1.165, 1.54) is 283 Å². The molecule has 0 radical (unpaired) electrons. The Morgan fingerprint density at radius 1 is 0.416 bits per heavy atom. The van der Waals surface area contributed by atoms with E-state index in [9.17, 15) is 35.1 Å². The van der Waals surface area contributed by atoms with Gasteiger partial charge in [-0.2, -0.15) is 0 Å². The predicted molar refractivity (Wildman–Crippen MR) is 375 cm³/mol. The molecule has 0 aromatic rings. The van der Waals surface area contributed by atoms with Crippen molar-refractivity contribution in [3.63, 3.8) is 0 Å². The van der Waals surface area contributed by atoms with Crippen molar-refractivity contribution in [3.05, 3.63) is 48.6 Å². The smallest absolute Gasteiger partial charge is 0.305 e. The largest absolute Gasteiger partial charge is 0.466 e. The lowest BCUT2D eigenvalue weighted by Gasteiger charge is -2.40. The zero-order chi connectivity index (χ0) is 64.4. The molecule has 11 nitrogen and oxygen atoms in total. The van der Waals surface area contributed by atoms with Crippen LogP contribution in [0.3, 0.4) is 0 Å². The first-order valence-corrected chi connectivity index (χ1v) is 38.4. The molecule has 522 valence electrons. The summed E-state index contributed by atoms with van der Waals surface area (Å²) in [5.41, 5.74) is 0. The summed E-state index contributed by atoms with van der Waals surface area (Å²) in [7, 11) is 0. The molecular formula is C78H145NO10. The van der Waals surface area contributed by atoms with Crippen molar-refractivity contribution in [2.24, 2.45) is 0 Å². The molecule has 0 saturated carbocycles. The quantitative estimate of drug-likeness (QED) is 0.0195. The highest BCUT2D eigenvalue weighted by atomic mass is 16.7. The molecule has 1 aliphatic heterocycles. The Kier molecular flexibility index (Phi) is 63.8. The van der Waals surface area contributed by atoms with Gasteiger partial charge < -0.3 is 45.1 Å². The molecule has 6 N–H and O–H groups in total. The van der Waals surface area contributed by atoms with E-state index in [0.717, 1.165) is 64.2 Å². The summed E-state index contributed by atoms with van der Waals surface area (Å²) in [5.74, 6) is -0.174. The van der Waals surface area contributed by atoms with Crippen LogP contribution in [0, 0.1) is 0 Å². The second-order valence-electron chi connectivity index (χ2n) is 26.7. The summed E-state index contributed by atoms with van der Waals surface area (Å²) < 4.78 is 16.7. The fourth-order valence-electron chi connectivity index (χ4n) is 12.1. The minimum absolute atomic E-state index is 0.00457. The van der Waals surface area contributed by atoms with E-state index in [2.05, 4.69) is 55.6 Å². The topological polar surface area (TPSA) is 175 Å². The fourth-order valence-corrected chi connectivity index (χ4v) is 12.1. The van der Waals surface area contributed by atoms with Gasteiger partial charge in [0.05, 0.1) is 32.0 Å². The second kappa shape index (κ2) is 67.1. The molecule has 1 aliphatic rings. The Morgan fingerprint density at radius 2 is 0.753 bits per heavy atom. The van der Waals surface area contributed by atoms with Crippen LogP contribution < -0.4 is 5.32 Å². The number of rotatable bonds is 68. The van der Waals surface area contributed by atoms with Crippen molar-refractivity contribution in [3.8, 4) is 0 Å². The SMILES string of the molecule is CCCCC/C=C\CCCCCCCC(=O)OCCCCCCCCCCCCCCCCC/C=C\C/C=C\CCCCCCCCCCCCCCCCCCCC(=O)NC(COC1OC(CO)C(O)C(O)C1O)C(O)/C=C/CCCCCCCCCC. The van der Waals surface area contributed by atoms with Crippen LogP contribution in [0.25, 0.3) is 0 Å². The van der Waals surface area contributed by atoms with E-state index in [1.54, 1.807) is 6.08 Å². The number of esters is 1. The molecule has 7 atom stereocenters. The summed E-state index contributed by atoms with van der Waals surface area (Å²) in [5, 5.41) is 54.4. The highest BCUT2D eigenvalue weighted by Crippen LogP contribution is 2.24. The van der Waals surface area contributed by atoms with Crippen molar-refractivity contribution < 1.29 is 49.3 Å². The van der Waals surface area contributed by atoms with Crippen LogP contribution in [0.4, 0.5) is 0 Å². The van der Waals surface area contributed by atoms with Crippen LogP contribution in [-0.4, -0.2) is 100 Å². The molecule has 0 aromatic heterocycles. The first kappa shape index (κ1) is 84.6. The summed E-state index contributed by atoms with van der Waals surface area (Å²) >= 11 is 0. The van der Waals surface area contributed by atoms with Crippen LogP contribution in [0.1, 0.15) is 373 Å². The molecule has 1 fully saturated rings. The van der Waals surface area contributed by atoms with Gasteiger partial charge in [-0.3, -0.25) is 9.59 Å². The van der Waals surface area contributed by atoms with E-state index in [-0.39, 0.29) is 18.5 Å². The second-order valence-corrected chi connectivity index (χ2v) is 26.7. The van der Waals surface area contributed by atoms with Gasteiger partial charge in [0.2, 0.25) is 5.91 Å². The number of unbranched alkanes of at least 4 members (excludes halogenated alkanes) is 48. The highest BCUT2D eigenvalue weighted by molar-refractivity contribution is 5.76. The number of allylic oxidation sites excluding steroid dienone is 7. The lowest BCUT2D eigenvalue weighted by atomic mass is 9.99. The first-order chi connectivity index (χ1) is 43.7. The number of hydrogen-bond acceptors (Lipinski definition) is 10. The molecule has 1 heterocycles. The molecule has 11 heteroatoms. The zero-order valence-electron chi connectivity index (χ0n) is 58.2. The van der Waals surface area contributed by atoms with Crippen molar-refractivity contribution >= 4 is 11.9 Å². The maximum Gasteiger partial charge on any atom is 0.305 e. The van der Waals surface area contributed by atoms with E-state index < -0.39 is 49.5 Å². The Bertz CT molecular complexity index is 1620. The van der Waals surface area contributed by atoms with Crippen LogP contribution in [0.2, 0.25) is 0 Å². The number of aliphatic hydroxyl groups is 5. The number of nitrogens with one attached hydrogen (secondary N) is 1. The van der Waals surface area contributed by atoms with Gasteiger partial charge in [0.1, 0.15) is 24.4 Å². The van der Waals surface area contributed by atoms with Crippen molar-refractivity contribution in [2.75, 3.05) is 19.8 Å². The maximum atomic E-state index is 13.0. The van der Waals surface area contributed by atoms with Crippen LogP contribution in [0.15, 0.2) is 48.6 Å². The molecule has 7 unspecified atom stereocenters. The molecule has 0 bridgehead atoms. The Balaban J connectivity index is 1.89.